The molecule has 0 aromatic carbocycles. The van der Waals surface area contributed by atoms with E-state index in [2.05, 4.69) is 6.58 Å². The van der Waals surface area contributed by atoms with Crippen molar-refractivity contribution in [3.63, 3.8) is 0 Å². The van der Waals surface area contributed by atoms with Crippen LogP contribution in [0.5, 0.6) is 0 Å². The second kappa shape index (κ2) is 6.66. The Morgan fingerprint density at radius 3 is 2.44 bits per heavy atom. The van der Waals surface area contributed by atoms with Crippen molar-refractivity contribution < 1.29 is 19.1 Å². The summed E-state index contributed by atoms with van der Waals surface area (Å²) >= 11 is 0. The first-order valence-electron chi connectivity index (χ1n) is 5.53. The molecule has 0 aliphatic heterocycles. The molecule has 0 heterocycles. The molecule has 0 aromatic rings. The summed E-state index contributed by atoms with van der Waals surface area (Å²) in [6.45, 7) is 6.16. The molecular formula is C12H24NO3+. The lowest BCUT2D eigenvalue weighted by molar-refractivity contribution is -0.873. The summed E-state index contributed by atoms with van der Waals surface area (Å²) in [5, 5.41) is 9.69. The minimum Gasteiger partial charge on any atom is -0.462 e. The molecule has 4 nitrogen and oxygen atoms in total. The molecule has 1 unspecified atom stereocenters. The van der Waals surface area contributed by atoms with Gasteiger partial charge in [-0.05, 0) is 19.8 Å². The normalized spacial score (nSPS) is 13.3. The van der Waals surface area contributed by atoms with Crippen LogP contribution in [0.2, 0.25) is 0 Å². The maximum Gasteiger partial charge on any atom is 0.333 e. The van der Waals surface area contributed by atoms with Gasteiger partial charge in [-0.15, -0.1) is 0 Å². The van der Waals surface area contributed by atoms with Gasteiger partial charge in [0.1, 0.15) is 12.6 Å². The predicted molar refractivity (Wildman–Crippen MR) is 63.9 cm³/mol. The fraction of sp³-hybridized carbons (Fsp3) is 0.750. The third-order valence-electron chi connectivity index (χ3n) is 2.02. The summed E-state index contributed by atoms with van der Waals surface area (Å²) in [6.07, 6.45) is 0.989. The van der Waals surface area contributed by atoms with Gasteiger partial charge in [0.15, 0.2) is 0 Å². The SMILES string of the molecule is C=C(C)C(=O)OCCCC(O)C[N+](C)(C)C. The van der Waals surface area contributed by atoms with Crippen molar-refractivity contribution in [1.29, 1.82) is 0 Å². The summed E-state index contributed by atoms with van der Waals surface area (Å²) < 4.78 is 5.66. The largest absolute Gasteiger partial charge is 0.462 e. The van der Waals surface area contributed by atoms with E-state index in [4.69, 9.17) is 4.74 Å². The van der Waals surface area contributed by atoms with Crippen LogP contribution >= 0.6 is 0 Å². The lowest BCUT2D eigenvalue weighted by Gasteiger charge is -2.26. The van der Waals surface area contributed by atoms with E-state index in [-0.39, 0.29) is 12.1 Å². The van der Waals surface area contributed by atoms with Crippen molar-refractivity contribution in [3.8, 4) is 0 Å². The summed E-state index contributed by atoms with van der Waals surface area (Å²) in [4.78, 5) is 11.0. The fourth-order valence-electron chi connectivity index (χ4n) is 1.33. The number of esters is 1. The average Bonchev–Trinajstić information content (AvgIpc) is 2.08. The number of likely N-dealkylation sites (N-methyl/N-ethyl adjacent to an activating group) is 1. The zero-order chi connectivity index (χ0) is 12.8. The average molecular weight is 230 g/mol. The van der Waals surface area contributed by atoms with Crippen molar-refractivity contribution in [2.45, 2.75) is 25.9 Å². The highest BCUT2D eigenvalue weighted by Crippen LogP contribution is 2.03. The quantitative estimate of drug-likeness (QED) is 0.306. The van der Waals surface area contributed by atoms with Gasteiger partial charge < -0.3 is 14.3 Å². The van der Waals surface area contributed by atoms with E-state index in [1.807, 2.05) is 21.1 Å². The molecule has 16 heavy (non-hydrogen) atoms. The molecule has 0 saturated heterocycles. The Kier molecular flexibility index (Phi) is 6.29. The smallest absolute Gasteiger partial charge is 0.333 e. The first-order valence-corrected chi connectivity index (χ1v) is 5.53. The number of carbonyl (C=O) groups excluding carboxylic acids is 1. The van der Waals surface area contributed by atoms with Crippen molar-refractivity contribution >= 4 is 5.97 Å². The Hall–Kier alpha value is -0.870. The van der Waals surface area contributed by atoms with Crippen molar-refractivity contribution in [2.24, 2.45) is 0 Å². The van der Waals surface area contributed by atoms with Crippen LogP contribution in [0.15, 0.2) is 12.2 Å². The molecule has 1 N–H and O–H groups in total. The molecule has 0 fully saturated rings. The zero-order valence-electron chi connectivity index (χ0n) is 10.8. The minimum atomic E-state index is -0.360. The Morgan fingerprint density at radius 2 is 2.00 bits per heavy atom. The van der Waals surface area contributed by atoms with E-state index in [9.17, 15) is 9.90 Å². The Bertz CT molecular complexity index is 243. The number of rotatable bonds is 7. The number of aliphatic hydroxyl groups excluding tert-OH is 1. The van der Waals surface area contributed by atoms with Gasteiger partial charge in [0.25, 0.3) is 0 Å². The highest BCUT2D eigenvalue weighted by atomic mass is 16.5. The number of carbonyl (C=O) groups is 1. The molecule has 0 aliphatic rings. The van der Waals surface area contributed by atoms with E-state index >= 15 is 0 Å². The molecule has 0 saturated carbocycles. The van der Waals surface area contributed by atoms with Crippen LogP contribution in [-0.2, 0) is 9.53 Å². The molecule has 4 heteroatoms. The van der Waals surface area contributed by atoms with E-state index in [0.717, 1.165) is 4.48 Å². The van der Waals surface area contributed by atoms with Crippen LogP contribution < -0.4 is 0 Å². The monoisotopic (exact) mass is 230 g/mol. The minimum absolute atomic E-state index is 0.344. The predicted octanol–water partition coefficient (Wildman–Crippen LogP) is 0.953. The van der Waals surface area contributed by atoms with E-state index < -0.39 is 0 Å². The van der Waals surface area contributed by atoms with Crippen LogP contribution in [0.1, 0.15) is 19.8 Å². The first-order chi connectivity index (χ1) is 7.22. The van der Waals surface area contributed by atoms with Crippen molar-refractivity contribution in [1.82, 2.24) is 0 Å². The van der Waals surface area contributed by atoms with E-state index in [1.54, 1.807) is 6.92 Å². The van der Waals surface area contributed by atoms with Gasteiger partial charge in [-0.1, -0.05) is 6.58 Å². The topological polar surface area (TPSA) is 46.5 Å². The van der Waals surface area contributed by atoms with Gasteiger partial charge in [0.05, 0.1) is 27.7 Å². The summed E-state index contributed by atoms with van der Waals surface area (Å²) in [6, 6.07) is 0. The summed E-state index contributed by atoms with van der Waals surface area (Å²) in [5.41, 5.74) is 0.409. The number of ether oxygens (including phenoxy) is 1. The molecule has 0 spiro atoms. The van der Waals surface area contributed by atoms with Gasteiger partial charge in [-0.2, -0.15) is 0 Å². The maximum atomic E-state index is 11.0. The number of quaternary nitrogens is 1. The second-order valence-electron chi connectivity index (χ2n) is 5.19. The lowest BCUT2D eigenvalue weighted by atomic mass is 10.2. The fourth-order valence-corrected chi connectivity index (χ4v) is 1.33. The van der Waals surface area contributed by atoms with Gasteiger partial charge in [-0.25, -0.2) is 4.79 Å². The highest BCUT2D eigenvalue weighted by Gasteiger charge is 2.15. The van der Waals surface area contributed by atoms with Gasteiger partial charge >= 0.3 is 5.97 Å². The standard InChI is InChI=1S/C12H24NO3/c1-10(2)12(15)16-8-6-7-11(14)9-13(3,4)5/h11,14H,1,6-9H2,2-5H3/q+1. The van der Waals surface area contributed by atoms with Crippen LogP contribution in [-0.4, -0.2) is 56.0 Å². The van der Waals surface area contributed by atoms with Crippen molar-refractivity contribution in [2.75, 3.05) is 34.3 Å². The molecule has 0 bridgehead atoms. The second-order valence-corrected chi connectivity index (χ2v) is 5.19. The molecule has 94 valence electrons. The van der Waals surface area contributed by atoms with Crippen LogP contribution in [0.25, 0.3) is 0 Å². The van der Waals surface area contributed by atoms with E-state index in [1.165, 1.54) is 0 Å². The maximum absolute atomic E-state index is 11.0. The van der Waals surface area contributed by atoms with Crippen LogP contribution in [0.4, 0.5) is 0 Å². The Morgan fingerprint density at radius 1 is 1.44 bits per heavy atom. The van der Waals surface area contributed by atoms with Crippen LogP contribution in [0.3, 0.4) is 0 Å². The number of hydrogen-bond donors (Lipinski definition) is 1. The zero-order valence-corrected chi connectivity index (χ0v) is 10.8. The number of hydrogen-bond acceptors (Lipinski definition) is 3. The van der Waals surface area contributed by atoms with Crippen molar-refractivity contribution in [3.05, 3.63) is 12.2 Å². The highest BCUT2D eigenvalue weighted by molar-refractivity contribution is 5.86. The molecule has 0 amide bonds. The molecule has 0 aromatic heterocycles. The van der Waals surface area contributed by atoms with E-state index in [0.29, 0.717) is 31.6 Å². The number of nitrogens with zero attached hydrogens (tertiary/aromatic N) is 1. The summed E-state index contributed by atoms with van der Waals surface area (Å²) in [7, 11) is 6.10. The third kappa shape index (κ3) is 8.44. The molecular weight excluding hydrogens is 206 g/mol. The molecule has 1 atom stereocenters. The van der Waals surface area contributed by atoms with Gasteiger partial charge in [-0.3, -0.25) is 0 Å². The molecule has 0 rings (SSSR count). The number of aliphatic hydroxyl groups is 1. The molecule has 0 radical (unpaired) electrons. The van der Waals surface area contributed by atoms with Crippen LogP contribution in [0, 0.1) is 0 Å². The first kappa shape index (κ1) is 15.1. The Balaban J connectivity index is 3.60. The summed E-state index contributed by atoms with van der Waals surface area (Å²) in [5.74, 6) is -0.360. The lowest BCUT2D eigenvalue weighted by Crippen LogP contribution is -2.41. The van der Waals surface area contributed by atoms with Gasteiger partial charge in [0, 0.05) is 5.57 Å². The Labute approximate surface area is 98.1 Å². The molecule has 0 aliphatic carbocycles. The third-order valence-corrected chi connectivity index (χ3v) is 2.02. The van der Waals surface area contributed by atoms with Gasteiger partial charge in [0.2, 0.25) is 0 Å².